The molecule has 1 aromatic rings. The second kappa shape index (κ2) is 9.20. The first kappa shape index (κ1) is 17.3. The molecule has 0 aliphatic carbocycles. The van der Waals surface area contributed by atoms with Crippen LogP contribution in [-0.2, 0) is 9.53 Å². The zero-order valence-corrected chi connectivity index (χ0v) is 12.7. The molecule has 0 aliphatic heterocycles. The lowest BCUT2D eigenvalue weighted by Gasteiger charge is -2.19. The summed E-state index contributed by atoms with van der Waals surface area (Å²) in [4.78, 5) is 23.0. The first-order chi connectivity index (χ1) is 10.0. The summed E-state index contributed by atoms with van der Waals surface area (Å²) in [6, 6.07) is 5.75. The van der Waals surface area contributed by atoms with Crippen LogP contribution in [0.4, 0.5) is 4.79 Å². The number of ether oxygens (including phenoxy) is 1. The Kier molecular flexibility index (Phi) is 7.56. The number of methoxy groups -OCH3 is 1. The number of carbonyl (C=O) groups excluding carboxylic acids is 2. The van der Waals surface area contributed by atoms with Crippen molar-refractivity contribution >= 4 is 23.5 Å². The van der Waals surface area contributed by atoms with Gasteiger partial charge in [0.25, 0.3) is 0 Å². The van der Waals surface area contributed by atoms with E-state index in [4.69, 9.17) is 22.1 Å². The van der Waals surface area contributed by atoms with E-state index in [0.717, 1.165) is 6.42 Å². The van der Waals surface area contributed by atoms with Crippen molar-refractivity contribution in [2.75, 3.05) is 20.3 Å². The molecule has 116 valence electrons. The highest BCUT2D eigenvalue weighted by molar-refractivity contribution is 6.31. The molecule has 0 radical (unpaired) electrons. The second-order valence-corrected chi connectivity index (χ2v) is 4.89. The molecule has 1 unspecified atom stereocenters. The number of rotatable bonds is 8. The molecule has 4 N–H and O–H groups in total. The first-order valence-electron chi connectivity index (χ1n) is 6.60. The van der Waals surface area contributed by atoms with Crippen LogP contribution in [0.2, 0.25) is 5.02 Å². The highest BCUT2D eigenvalue weighted by atomic mass is 35.5. The molecule has 1 atom stereocenters. The van der Waals surface area contributed by atoms with Crippen LogP contribution >= 0.6 is 11.6 Å². The van der Waals surface area contributed by atoms with Crippen molar-refractivity contribution in [3.8, 4) is 0 Å². The van der Waals surface area contributed by atoms with E-state index in [9.17, 15) is 9.59 Å². The van der Waals surface area contributed by atoms with E-state index < -0.39 is 12.1 Å². The lowest BCUT2D eigenvalue weighted by molar-refractivity contribution is -0.121. The lowest BCUT2D eigenvalue weighted by atomic mass is 10.0. The molecule has 0 heterocycles. The lowest BCUT2D eigenvalue weighted by Crippen LogP contribution is -2.37. The summed E-state index contributed by atoms with van der Waals surface area (Å²) >= 11 is 6.09. The predicted octanol–water partition coefficient (Wildman–Crippen LogP) is 1.59. The molecule has 21 heavy (non-hydrogen) atoms. The summed E-state index contributed by atoms with van der Waals surface area (Å²) in [6.45, 7) is 1.09. The summed E-state index contributed by atoms with van der Waals surface area (Å²) in [5.74, 6) is -0.190. The van der Waals surface area contributed by atoms with Crippen molar-refractivity contribution in [3.05, 3.63) is 34.9 Å². The van der Waals surface area contributed by atoms with Crippen molar-refractivity contribution in [2.24, 2.45) is 5.73 Å². The molecule has 0 spiro atoms. The second-order valence-electron chi connectivity index (χ2n) is 4.48. The molecule has 0 bridgehead atoms. The van der Waals surface area contributed by atoms with Gasteiger partial charge in [0.2, 0.25) is 5.91 Å². The molecule has 0 aromatic heterocycles. The summed E-state index contributed by atoms with van der Waals surface area (Å²) in [5.41, 5.74) is 5.81. The van der Waals surface area contributed by atoms with Crippen LogP contribution in [0.25, 0.3) is 0 Å². The van der Waals surface area contributed by atoms with Crippen molar-refractivity contribution < 1.29 is 14.3 Å². The molecule has 3 amide bonds. The quantitative estimate of drug-likeness (QED) is 0.636. The number of carbonyl (C=O) groups is 2. The fourth-order valence-corrected chi connectivity index (χ4v) is 2.14. The molecule has 1 rings (SSSR count). The zero-order valence-electron chi connectivity index (χ0n) is 11.9. The maximum absolute atomic E-state index is 11.9. The highest BCUT2D eigenvalue weighted by Gasteiger charge is 2.19. The minimum atomic E-state index is -0.702. The predicted molar refractivity (Wildman–Crippen MR) is 81.0 cm³/mol. The summed E-state index contributed by atoms with van der Waals surface area (Å²) in [7, 11) is 1.60. The van der Waals surface area contributed by atoms with Crippen LogP contribution < -0.4 is 16.4 Å². The molecular weight excluding hydrogens is 294 g/mol. The summed E-state index contributed by atoms with van der Waals surface area (Å²) in [6.07, 6.45) is 0.794. The minimum Gasteiger partial charge on any atom is -0.385 e. The Morgan fingerprint density at radius 2 is 2.10 bits per heavy atom. The van der Waals surface area contributed by atoms with E-state index in [-0.39, 0.29) is 12.3 Å². The van der Waals surface area contributed by atoms with Crippen LogP contribution in [0.1, 0.15) is 24.4 Å². The number of nitrogens with two attached hydrogens (primary N) is 1. The average molecular weight is 314 g/mol. The van der Waals surface area contributed by atoms with Crippen LogP contribution in [0, 0.1) is 0 Å². The Hall–Kier alpha value is -1.79. The minimum absolute atomic E-state index is 0.0691. The van der Waals surface area contributed by atoms with Crippen molar-refractivity contribution in [1.82, 2.24) is 10.6 Å². The monoisotopic (exact) mass is 313 g/mol. The van der Waals surface area contributed by atoms with Gasteiger partial charge in [-0.2, -0.15) is 0 Å². The number of hydrogen-bond donors (Lipinski definition) is 3. The van der Waals surface area contributed by atoms with Gasteiger partial charge < -0.3 is 21.1 Å². The maximum atomic E-state index is 11.9. The molecular formula is C14H20ClN3O3. The zero-order chi connectivity index (χ0) is 15.7. The van der Waals surface area contributed by atoms with Gasteiger partial charge in [-0.25, -0.2) is 4.79 Å². The van der Waals surface area contributed by atoms with Gasteiger partial charge in [0.05, 0.1) is 12.5 Å². The number of hydrogen-bond acceptors (Lipinski definition) is 3. The van der Waals surface area contributed by atoms with Crippen LogP contribution in [-0.4, -0.2) is 32.2 Å². The van der Waals surface area contributed by atoms with E-state index in [2.05, 4.69) is 10.6 Å². The molecule has 0 aliphatic rings. The van der Waals surface area contributed by atoms with E-state index in [1.54, 1.807) is 31.4 Å². The Bertz CT molecular complexity index is 482. The highest BCUT2D eigenvalue weighted by Crippen LogP contribution is 2.24. The number of nitrogens with one attached hydrogen (secondary N) is 2. The third-order valence-corrected chi connectivity index (χ3v) is 3.18. The third-order valence-electron chi connectivity index (χ3n) is 2.83. The van der Waals surface area contributed by atoms with Gasteiger partial charge in [-0.15, -0.1) is 0 Å². The topological polar surface area (TPSA) is 93.4 Å². The fourth-order valence-electron chi connectivity index (χ4n) is 1.87. The number of halogens is 1. The molecule has 6 nitrogen and oxygen atoms in total. The van der Waals surface area contributed by atoms with Crippen LogP contribution in [0.3, 0.4) is 0 Å². The van der Waals surface area contributed by atoms with Gasteiger partial charge in [0.15, 0.2) is 0 Å². The SMILES string of the molecule is COCCCNC(=O)CC(NC(N)=O)c1ccccc1Cl. The summed E-state index contributed by atoms with van der Waals surface area (Å²) < 4.78 is 4.90. The fraction of sp³-hybridized carbons (Fsp3) is 0.429. The third kappa shape index (κ3) is 6.46. The molecule has 0 fully saturated rings. The number of amides is 3. The Morgan fingerprint density at radius 1 is 1.38 bits per heavy atom. The van der Waals surface area contributed by atoms with Gasteiger partial charge >= 0.3 is 6.03 Å². The van der Waals surface area contributed by atoms with Crippen LogP contribution in [0.5, 0.6) is 0 Å². The van der Waals surface area contributed by atoms with E-state index in [1.807, 2.05) is 0 Å². The number of urea groups is 1. The van der Waals surface area contributed by atoms with Crippen molar-refractivity contribution in [2.45, 2.75) is 18.9 Å². The Balaban J connectivity index is 2.64. The van der Waals surface area contributed by atoms with Gasteiger partial charge in [0, 0.05) is 25.3 Å². The molecule has 0 saturated heterocycles. The van der Waals surface area contributed by atoms with Gasteiger partial charge in [0.1, 0.15) is 0 Å². The van der Waals surface area contributed by atoms with Crippen molar-refractivity contribution in [3.63, 3.8) is 0 Å². The van der Waals surface area contributed by atoms with Crippen LogP contribution in [0.15, 0.2) is 24.3 Å². The number of benzene rings is 1. The largest absolute Gasteiger partial charge is 0.385 e. The number of primary amides is 1. The smallest absolute Gasteiger partial charge is 0.312 e. The van der Waals surface area contributed by atoms with Gasteiger partial charge in [-0.3, -0.25) is 4.79 Å². The molecule has 1 aromatic carbocycles. The van der Waals surface area contributed by atoms with Gasteiger partial charge in [-0.1, -0.05) is 29.8 Å². The van der Waals surface area contributed by atoms with E-state index in [0.29, 0.717) is 23.7 Å². The van der Waals surface area contributed by atoms with Gasteiger partial charge in [-0.05, 0) is 18.1 Å². The first-order valence-corrected chi connectivity index (χ1v) is 6.98. The van der Waals surface area contributed by atoms with E-state index in [1.165, 1.54) is 0 Å². The molecule has 7 heteroatoms. The Labute approximate surface area is 129 Å². The maximum Gasteiger partial charge on any atom is 0.312 e. The standard InChI is InChI=1S/C14H20ClN3O3/c1-21-8-4-7-17-13(19)9-12(18-14(16)20)10-5-2-3-6-11(10)15/h2-3,5-6,12H,4,7-9H2,1H3,(H,17,19)(H3,16,18,20). The van der Waals surface area contributed by atoms with E-state index >= 15 is 0 Å². The normalized spacial score (nSPS) is 11.7. The Morgan fingerprint density at radius 3 is 2.71 bits per heavy atom. The molecule has 0 saturated carbocycles. The average Bonchev–Trinajstić information content (AvgIpc) is 2.43. The summed E-state index contributed by atoms with van der Waals surface area (Å²) in [5, 5.41) is 5.77. The van der Waals surface area contributed by atoms with Crippen molar-refractivity contribution in [1.29, 1.82) is 0 Å².